The van der Waals surface area contributed by atoms with E-state index in [-0.39, 0.29) is 31.9 Å². The molecule has 4 bridgehead atoms. The van der Waals surface area contributed by atoms with Gasteiger partial charge >= 0.3 is 12.1 Å². The zero-order valence-corrected chi connectivity index (χ0v) is 26.3. The summed E-state index contributed by atoms with van der Waals surface area (Å²) in [4.78, 5) is 52.1. The molecule has 0 spiro atoms. The summed E-state index contributed by atoms with van der Waals surface area (Å²) >= 11 is 1.58. The minimum Gasteiger partial charge on any atom is -0.481 e. The Morgan fingerprint density at radius 1 is 0.933 bits per heavy atom. The second-order valence-electron chi connectivity index (χ2n) is 13.3. The normalized spacial score (nSPS) is 25.2. The van der Waals surface area contributed by atoms with Crippen molar-refractivity contribution >= 4 is 45.3 Å². The summed E-state index contributed by atoms with van der Waals surface area (Å²) in [6, 6.07) is 18.7. The predicted molar refractivity (Wildman–Crippen MR) is 172 cm³/mol. The number of hydrogen-bond donors (Lipinski definition) is 4. The molecule has 3 amide bonds. The zero-order chi connectivity index (χ0) is 31.6. The molecule has 4 saturated carbocycles. The van der Waals surface area contributed by atoms with Crippen molar-refractivity contribution in [1.82, 2.24) is 16.0 Å². The lowest BCUT2D eigenvalue weighted by Crippen LogP contribution is -2.60. The maximum atomic E-state index is 14.0. The predicted octanol–water partition coefficient (Wildman–Crippen LogP) is 5.59. The number of ether oxygens (including phenoxy) is 1. The number of thiophene rings is 1. The molecule has 4 aliphatic carbocycles. The standard InChI is InChI=1S/C35H41N3O6S/c1-35(19-27-18-24-9-5-6-10-29(24)45-27,38-34(43)44-32-25-14-21-13-22(16-25)17-26(32)15-21)33(42)36-20-28(23-7-3-2-4-8-23)37-30(39)11-12-31(40)41/h2-10,18,21-22,25-26,28,32H,11-17,19-20H2,1H3,(H,36,42)(H,37,39)(H,38,43)(H,40,41)/t21?,22?,25?,26?,28-,32?,35?/m0/s1. The van der Waals surface area contributed by atoms with Gasteiger partial charge in [0, 0.05) is 29.0 Å². The molecule has 7 rings (SSSR count). The third kappa shape index (κ3) is 7.32. The van der Waals surface area contributed by atoms with Crippen LogP contribution in [0.3, 0.4) is 0 Å². The van der Waals surface area contributed by atoms with Crippen LogP contribution < -0.4 is 16.0 Å². The summed E-state index contributed by atoms with van der Waals surface area (Å²) in [7, 11) is 0. The molecule has 3 aromatic rings. The van der Waals surface area contributed by atoms with E-state index in [1.54, 1.807) is 18.3 Å². The molecule has 238 valence electrons. The van der Waals surface area contributed by atoms with Gasteiger partial charge in [0.1, 0.15) is 11.6 Å². The van der Waals surface area contributed by atoms with Gasteiger partial charge in [-0.05, 0) is 85.8 Å². The van der Waals surface area contributed by atoms with E-state index in [1.165, 1.54) is 6.42 Å². The highest BCUT2D eigenvalue weighted by Gasteiger charge is 2.50. The van der Waals surface area contributed by atoms with Gasteiger partial charge in [-0.25, -0.2) is 4.79 Å². The first kappa shape index (κ1) is 31.1. The van der Waals surface area contributed by atoms with Crippen LogP contribution in [0.2, 0.25) is 0 Å². The van der Waals surface area contributed by atoms with Crippen LogP contribution in [0.5, 0.6) is 0 Å². The number of aliphatic carboxylic acids is 1. The average Bonchev–Trinajstić information content (AvgIpc) is 3.41. The molecule has 10 heteroatoms. The van der Waals surface area contributed by atoms with E-state index in [4.69, 9.17) is 9.84 Å². The Morgan fingerprint density at radius 3 is 2.27 bits per heavy atom. The fourth-order valence-corrected chi connectivity index (χ4v) is 9.13. The molecule has 1 aromatic heterocycles. The Labute approximate surface area is 267 Å². The summed E-state index contributed by atoms with van der Waals surface area (Å²) in [6.45, 7) is 1.77. The minimum atomic E-state index is -1.33. The number of alkyl carbamates (subject to hydrolysis) is 1. The molecule has 0 radical (unpaired) electrons. The van der Waals surface area contributed by atoms with E-state index in [9.17, 15) is 19.2 Å². The third-order valence-corrected chi connectivity index (χ3v) is 11.0. The zero-order valence-electron chi connectivity index (χ0n) is 25.5. The van der Waals surface area contributed by atoms with Crippen LogP contribution in [0.25, 0.3) is 10.1 Å². The summed E-state index contributed by atoms with van der Waals surface area (Å²) in [5, 5.41) is 18.9. The highest BCUT2D eigenvalue weighted by atomic mass is 32.1. The Kier molecular flexibility index (Phi) is 9.12. The number of hydrogen-bond acceptors (Lipinski definition) is 6. The SMILES string of the molecule is CC(Cc1cc2ccccc2s1)(NC(=O)OC1C2CC3CC(C2)CC1C3)C(=O)NC[C@H](NC(=O)CCC(=O)O)c1ccccc1. The first-order valence-electron chi connectivity index (χ1n) is 16.0. The van der Waals surface area contributed by atoms with Crippen molar-refractivity contribution in [3.05, 3.63) is 71.1 Å². The van der Waals surface area contributed by atoms with Gasteiger partial charge in [-0.3, -0.25) is 14.4 Å². The highest BCUT2D eigenvalue weighted by molar-refractivity contribution is 7.19. The van der Waals surface area contributed by atoms with Crippen LogP contribution >= 0.6 is 11.3 Å². The second-order valence-corrected chi connectivity index (χ2v) is 14.5. The van der Waals surface area contributed by atoms with E-state index < -0.39 is 35.5 Å². The number of nitrogens with one attached hydrogen (secondary N) is 3. The van der Waals surface area contributed by atoms with Gasteiger partial charge in [0.05, 0.1) is 12.5 Å². The van der Waals surface area contributed by atoms with Crippen molar-refractivity contribution in [1.29, 1.82) is 0 Å². The van der Waals surface area contributed by atoms with Crippen LogP contribution in [0.15, 0.2) is 60.7 Å². The molecule has 0 saturated heterocycles. The molecule has 4 fully saturated rings. The molecule has 4 aliphatic rings. The third-order valence-electron chi connectivity index (χ3n) is 9.84. The van der Waals surface area contributed by atoms with Crippen molar-refractivity contribution in [2.24, 2.45) is 23.7 Å². The van der Waals surface area contributed by atoms with Crippen molar-refractivity contribution in [2.75, 3.05) is 6.54 Å². The summed E-state index contributed by atoms with van der Waals surface area (Å²) < 4.78 is 7.23. The maximum Gasteiger partial charge on any atom is 0.408 e. The molecule has 45 heavy (non-hydrogen) atoms. The van der Waals surface area contributed by atoms with E-state index in [2.05, 4.69) is 16.0 Å². The molecule has 1 heterocycles. The van der Waals surface area contributed by atoms with Crippen LogP contribution in [0.1, 0.15) is 68.4 Å². The Morgan fingerprint density at radius 2 is 1.60 bits per heavy atom. The van der Waals surface area contributed by atoms with Gasteiger partial charge in [-0.1, -0.05) is 48.5 Å². The smallest absolute Gasteiger partial charge is 0.408 e. The molecule has 4 N–H and O–H groups in total. The Hall–Kier alpha value is -3.92. The highest BCUT2D eigenvalue weighted by Crippen LogP contribution is 2.54. The van der Waals surface area contributed by atoms with Crippen LogP contribution in [0, 0.1) is 23.7 Å². The van der Waals surface area contributed by atoms with Crippen molar-refractivity contribution < 1.29 is 29.0 Å². The molecule has 2 atom stereocenters. The number of carbonyl (C=O) groups is 4. The minimum absolute atomic E-state index is 0.0515. The lowest BCUT2D eigenvalue weighted by molar-refractivity contribution is -0.138. The van der Waals surface area contributed by atoms with Gasteiger partial charge in [0.25, 0.3) is 0 Å². The van der Waals surface area contributed by atoms with E-state index in [1.807, 2.05) is 60.7 Å². The number of amides is 3. The molecule has 2 aromatic carbocycles. The first-order chi connectivity index (χ1) is 21.6. The quantitative estimate of drug-likeness (QED) is 0.206. The van der Waals surface area contributed by atoms with Crippen molar-refractivity contribution in [3.8, 4) is 0 Å². The summed E-state index contributed by atoms with van der Waals surface area (Å²) in [6.07, 6.45) is 4.88. The van der Waals surface area contributed by atoms with Crippen LogP contribution in [-0.4, -0.2) is 47.2 Å². The number of rotatable bonds is 12. The van der Waals surface area contributed by atoms with Gasteiger partial charge < -0.3 is 25.8 Å². The van der Waals surface area contributed by atoms with E-state index in [0.29, 0.717) is 11.8 Å². The van der Waals surface area contributed by atoms with Gasteiger partial charge in [-0.2, -0.15) is 0 Å². The maximum absolute atomic E-state index is 14.0. The topological polar surface area (TPSA) is 134 Å². The van der Waals surface area contributed by atoms with Crippen LogP contribution in [-0.2, 0) is 25.5 Å². The number of carboxylic acids is 1. The van der Waals surface area contributed by atoms with E-state index >= 15 is 0 Å². The first-order valence-corrected chi connectivity index (χ1v) is 16.8. The Balaban J connectivity index is 1.18. The molecule has 1 unspecified atom stereocenters. The number of carbonyl (C=O) groups excluding carboxylic acids is 3. The second kappa shape index (κ2) is 13.2. The fraction of sp³-hybridized carbons (Fsp3) is 0.486. The van der Waals surface area contributed by atoms with Gasteiger partial charge in [-0.15, -0.1) is 11.3 Å². The summed E-state index contributed by atoms with van der Waals surface area (Å²) in [5.41, 5.74) is -0.569. The number of benzene rings is 2. The lowest BCUT2D eigenvalue weighted by Gasteiger charge is -2.53. The fourth-order valence-electron chi connectivity index (χ4n) is 7.91. The summed E-state index contributed by atoms with van der Waals surface area (Å²) in [5.74, 6) is 0.409. The largest absolute Gasteiger partial charge is 0.481 e. The molecular weight excluding hydrogens is 590 g/mol. The Bertz CT molecular complexity index is 1500. The number of fused-ring (bicyclic) bond motifs is 1. The molecular formula is C35H41N3O6S. The monoisotopic (exact) mass is 631 g/mol. The van der Waals surface area contributed by atoms with Gasteiger partial charge in [0.2, 0.25) is 11.8 Å². The van der Waals surface area contributed by atoms with Gasteiger partial charge in [0.15, 0.2) is 0 Å². The van der Waals surface area contributed by atoms with Crippen LogP contribution in [0.4, 0.5) is 4.79 Å². The van der Waals surface area contributed by atoms with E-state index in [0.717, 1.165) is 58.0 Å². The number of carboxylic acid groups (broad SMARTS) is 1. The van der Waals surface area contributed by atoms with Crippen molar-refractivity contribution in [2.45, 2.75) is 76.0 Å². The van der Waals surface area contributed by atoms with Crippen molar-refractivity contribution in [3.63, 3.8) is 0 Å². The lowest BCUT2D eigenvalue weighted by atomic mass is 9.55. The molecule has 9 nitrogen and oxygen atoms in total. The molecule has 0 aliphatic heterocycles. The average molecular weight is 632 g/mol.